The summed E-state index contributed by atoms with van der Waals surface area (Å²) >= 11 is 0. The SMILES string of the molecule is COc1ccc(S(=O)(=O)N2CC(c3ccc(C)cc3)OCC2C)cc1OC. The molecule has 0 aromatic heterocycles. The van der Waals surface area contributed by atoms with Crippen molar-refractivity contribution in [3.63, 3.8) is 0 Å². The summed E-state index contributed by atoms with van der Waals surface area (Å²) in [6, 6.07) is 12.4. The molecule has 1 aliphatic heterocycles. The molecule has 6 nitrogen and oxygen atoms in total. The predicted molar refractivity (Wildman–Crippen MR) is 103 cm³/mol. The molecule has 1 heterocycles. The van der Waals surface area contributed by atoms with Gasteiger partial charge in [0.05, 0.1) is 31.8 Å². The van der Waals surface area contributed by atoms with Crippen LogP contribution in [0.15, 0.2) is 47.4 Å². The van der Waals surface area contributed by atoms with E-state index in [9.17, 15) is 8.42 Å². The number of hydrogen-bond acceptors (Lipinski definition) is 5. The Morgan fingerprint density at radius 3 is 2.33 bits per heavy atom. The van der Waals surface area contributed by atoms with Crippen molar-refractivity contribution in [3.8, 4) is 11.5 Å². The summed E-state index contributed by atoms with van der Waals surface area (Å²) in [5.74, 6) is 0.874. The summed E-state index contributed by atoms with van der Waals surface area (Å²) in [4.78, 5) is 0.177. The van der Waals surface area contributed by atoms with Crippen molar-refractivity contribution < 1.29 is 22.6 Å². The highest BCUT2D eigenvalue weighted by atomic mass is 32.2. The van der Waals surface area contributed by atoms with Gasteiger partial charge in [-0.05, 0) is 31.5 Å². The Balaban J connectivity index is 1.91. The van der Waals surface area contributed by atoms with Crippen LogP contribution < -0.4 is 9.47 Å². The van der Waals surface area contributed by atoms with Gasteiger partial charge in [-0.1, -0.05) is 29.8 Å². The van der Waals surface area contributed by atoms with E-state index < -0.39 is 10.0 Å². The van der Waals surface area contributed by atoms with Gasteiger partial charge in [-0.25, -0.2) is 8.42 Å². The molecule has 0 aliphatic carbocycles. The third kappa shape index (κ3) is 3.95. The normalized spacial score (nSPS) is 21.0. The third-order valence-corrected chi connectivity index (χ3v) is 6.76. The van der Waals surface area contributed by atoms with Crippen LogP contribution in [0, 0.1) is 6.92 Å². The minimum atomic E-state index is -3.70. The average molecular weight is 391 g/mol. The van der Waals surface area contributed by atoms with Gasteiger partial charge >= 0.3 is 0 Å². The number of nitrogens with zero attached hydrogens (tertiary/aromatic N) is 1. The van der Waals surface area contributed by atoms with Crippen LogP contribution in [0.1, 0.15) is 24.2 Å². The zero-order valence-electron chi connectivity index (χ0n) is 16.0. The molecule has 2 unspecified atom stereocenters. The zero-order chi connectivity index (χ0) is 19.6. The fourth-order valence-corrected chi connectivity index (χ4v) is 4.80. The summed E-state index contributed by atoms with van der Waals surface area (Å²) in [6.07, 6.45) is -0.295. The van der Waals surface area contributed by atoms with Gasteiger partial charge in [0.15, 0.2) is 11.5 Å². The molecule has 0 radical (unpaired) electrons. The molecule has 7 heteroatoms. The van der Waals surface area contributed by atoms with E-state index in [0.717, 1.165) is 11.1 Å². The monoisotopic (exact) mass is 391 g/mol. The molecule has 0 amide bonds. The van der Waals surface area contributed by atoms with Crippen LogP contribution in [0.5, 0.6) is 11.5 Å². The van der Waals surface area contributed by atoms with Crippen molar-refractivity contribution in [2.45, 2.75) is 30.9 Å². The zero-order valence-corrected chi connectivity index (χ0v) is 16.8. The van der Waals surface area contributed by atoms with E-state index in [0.29, 0.717) is 18.1 Å². The van der Waals surface area contributed by atoms with Crippen molar-refractivity contribution in [2.75, 3.05) is 27.4 Å². The number of rotatable bonds is 5. The van der Waals surface area contributed by atoms with Gasteiger partial charge in [-0.2, -0.15) is 4.31 Å². The predicted octanol–water partition coefficient (Wildman–Crippen LogP) is 3.16. The Hall–Kier alpha value is -2.09. The number of ether oxygens (including phenoxy) is 3. The van der Waals surface area contributed by atoms with E-state index in [2.05, 4.69) is 0 Å². The molecule has 1 fully saturated rings. The Bertz CT molecular complexity index is 895. The van der Waals surface area contributed by atoms with Crippen LogP contribution in [0.4, 0.5) is 0 Å². The average Bonchev–Trinajstić information content (AvgIpc) is 2.68. The molecule has 146 valence electrons. The van der Waals surface area contributed by atoms with Crippen molar-refractivity contribution in [3.05, 3.63) is 53.6 Å². The molecule has 1 saturated heterocycles. The van der Waals surface area contributed by atoms with Crippen molar-refractivity contribution >= 4 is 10.0 Å². The molecule has 2 aromatic rings. The van der Waals surface area contributed by atoms with Crippen LogP contribution >= 0.6 is 0 Å². The van der Waals surface area contributed by atoms with Crippen molar-refractivity contribution in [1.29, 1.82) is 0 Å². The summed E-state index contributed by atoms with van der Waals surface area (Å²) in [6.45, 7) is 4.47. The number of morpholine rings is 1. The molecular formula is C20H25NO5S. The van der Waals surface area contributed by atoms with Gasteiger partial charge in [0, 0.05) is 18.7 Å². The van der Waals surface area contributed by atoms with Gasteiger partial charge in [0.2, 0.25) is 10.0 Å². The third-order valence-electron chi connectivity index (χ3n) is 4.79. The van der Waals surface area contributed by atoms with E-state index >= 15 is 0 Å². The highest BCUT2D eigenvalue weighted by molar-refractivity contribution is 7.89. The van der Waals surface area contributed by atoms with Crippen LogP contribution in [0.3, 0.4) is 0 Å². The molecule has 0 saturated carbocycles. The van der Waals surface area contributed by atoms with Crippen molar-refractivity contribution in [1.82, 2.24) is 4.31 Å². The lowest BCUT2D eigenvalue weighted by Crippen LogP contribution is -2.48. The molecule has 1 aliphatic rings. The lowest BCUT2D eigenvalue weighted by Gasteiger charge is -2.37. The van der Waals surface area contributed by atoms with Gasteiger partial charge in [-0.3, -0.25) is 0 Å². The lowest BCUT2D eigenvalue weighted by atomic mass is 10.1. The molecule has 0 N–H and O–H groups in total. The maximum atomic E-state index is 13.3. The fraction of sp³-hybridized carbons (Fsp3) is 0.400. The van der Waals surface area contributed by atoms with Crippen LogP contribution in [-0.2, 0) is 14.8 Å². The number of methoxy groups -OCH3 is 2. The smallest absolute Gasteiger partial charge is 0.243 e. The lowest BCUT2D eigenvalue weighted by molar-refractivity contribution is -0.0288. The molecule has 0 bridgehead atoms. The van der Waals surface area contributed by atoms with E-state index in [1.54, 1.807) is 12.1 Å². The van der Waals surface area contributed by atoms with E-state index in [-0.39, 0.29) is 23.6 Å². The van der Waals surface area contributed by atoms with Gasteiger partial charge < -0.3 is 14.2 Å². The minimum absolute atomic E-state index is 0.177. The Kier molecular flexibility index (Phi) is 5.74. The van der Waals surface area contributed by atoms with Gasteiger partial charge in [-0.15, -0.1) is 0 Å². The molecule has 3 rings (SSSR count). The van der Waals surface area contributed by atoms with E-state index in [1.165, 1.54) is 24.6 Å². The summed E-state index contributed by atoms with van der Waals surface area (Å²) in [5.41, 5.74) is 2.12. The summed E-state index contributed by atoms with van der Waals surface area (Å²) < 4.78 is 44.4. The second-order valence-electron chi connectivity index (χ2n) is 6.67. The standard InChI is InChI=1S/C20H25NO5S/c1-14-5-7-16(8-6-14)20-12-21(15(2)13-26-20)27(22,23)17-9-10-18(24-3)19(11-17)25-4/h5-11,15,20H,12-13H2,1-4H3. The van der Waals surface area contributed by atoms with Crippen molar-refractivity contribution in [2.24, 2.45) is 0 Å². The highest BCUT2D eigenvalue weighted by Crippen LogP contribution is 2.33. The molecule has 2 aromatic carbocycles. The first-order valence-corrected chi connectivity index (χ1v) is 10.2. The minimum Gasteiger partial charge on any atom is -0.493 e. The second-order valence-corrected chi connectivity index (χ2v) is 8.56. The van der Waals surface area contributed by atoms with E-state index in [4.69, 9.17) is 14.2 Å². The topological polar surface area (TPSA) is 65.1 Å². The van der Waals surface area contributed by atoms with Crippen LogP contribution in [-0.4, -0.2) is 46.1 Å². The Morgan fingerprint density at radius 2 is 1.70 bits per heavy atom. The quantitative estimate of drug-likeness (QED) is 0.783. The number of benzene rings is 2. The first-order valence-electron chi connectivity index (χ1n) is 8.79. The highest BCUT2D eigenvalue weighted by Gasteiger charge is 2.36. The Morgan fingerprint density at radius 1 is 1.04 bits per heavy atom. The molecular weight excluding hydrogens is 366 g/mol. The summed E-state index contributed by atoms with van der Waals surface area (Å²) in [5, 5.41) is 0. The molecule has 2 atom stereocenters. The second kappa shape index (κ2) is 7.88. The first kappa shape index (κ1) is 19.7. The maximum absolute atomic E-state index is 13.3. The first-order chi connectivity index (χ1) is 12.9. The summed E-state index contributed by atoms with van der Waals surface area (Å²) in [7, 11) is -0.699. The molecule has 0 spiro atoms. The largest absolute Gasteiger partial charge is 0.493 e. The van der Waals surface area contributed by atoms with Crippen LogP contribution in [0.25, 0.3) is 0 Å². The fourth-order valence-electron chi connectivity index (χ4n) is 3.16. The number of aryl methyl sites for hydroxylation is 1. The van der Waals surface area contributed by atoms with E-state index in [1.807, 2.05) is 38.1 Å². The maximum Gasteiger partial charge on any atom is 0.243 e. The van der Waals surface area contributed by atoms with Gasteiger partial charge in [0.25, 0.3) is 0 Å². The van der Waals surface area contributed by atoms with Gasteiger partial charge in [0.1, 0.15) is 0 Å². The van der Waals surface area contributed by atoms with Crippen LogP contribution in [0.2, 0.25) is 0 Å². The number of sulfonamides is 1. The Labute approximate surface area is 160 Å². The molecule has 27 heavy (non-hydrogen) atoms. The number of hydrogen-bond donors (Lipinski definition) is 0.